The molecule has 1 amide bonds. The van der Waals surface area contributed by atoms with E-state index in [4.69, 9.17) is 5.73 Å². The lowest BCUT2D eigenvalue weighted by molar-refractivity contribution is 0.0698. The number of carbonyl (C=O) groups excluding carboxylic acids is 1. The molecule has 1 heterocycles. The summed E-state index contributed by atoms with van der Waals surface area (Å²) in [5.41, 5.74) is 6.80. The fraction of sp³-hybridized carbons (Fsp3) is 0.417. The van der Waals surface area contributed by atoms with E-state index in [-0.39, 0.29) is 5.91 Å². The molecule has 1 aliphatic rings. The minimum absolute atomic E-state index is 0.112. The van der Waals surface area contributed by atoms with Crippen LogP contribution < -0.4 is 5.73 Å². The molecule has 0 bridgehead atoms. The topological polar surface area (TPSA) is 83.7 Å². The van der Waals surface area contributed by atoms with Gasteiger partial charge in [-0.25, -0.2) is 8.42 Å². The Morgan fingerprint density at radius 1 is 1.25 bits per heavy atom. The van der Waals surface area contributed by atoms with E-state index in [1.165, 1.54) is 10.6 Å². The molecule has 2 rings (SSSR count). The average Bonchev–Trinajstić information content (AvgIpc) is 2.40. The zero-order valence-corrected chi connectivity index (χ0v) is 13.4. The molecule has 0 aliphatic carbocycles. The van der Waals surface area contributed by atoms with Crippen LogP contribution in [0.5, 0.6) is 0 Å². The fourth-order valence-electron chi connectivity index (χ4n) is 2.07. The van der Waals surface area contributed by atoms with Crippen molar-refractivity contribution in [3.8, 4) is 0 Å². The van der Waals surface area contributed by atoms with E-state index in [2.05, 4.69) is 15.9 Å². The highest BCUT2D eigenvalue weighted by Gasteiger charge is 2.26. The maximum absolute atomic E-state index is 12.3. The van der Waals surface area contributed by atoms with E-state index >= 15 is 0 Å². The molecule has 110 valence electrons. The van der Waals surface area contributed by atoms with Crippen LogP contribution in [0.25, 0.3) is 0 Å². The summed E-state index contributed by atoms with van der Waals surface area (Å²) in [6, 6.07) is 5.02. The molecule has 0 unspecified atom stereocenters. The van der Waals surface area contributed by atoms with Crippen molar-refractivity contribution in [3.63, 3.8) is 0 Å². The van der Waals surface area contributed by atoms with Gasteiger partial charge in [-0.15, -0.1) is 0 Å². The van der Waals surface area contributed by atoms with Crippen molar-refractivity contribution in [2.24, 2.45) is 0 Å². The first-order valence-corrected chi connectivity index (χ1v) is 8.72. The van der Waals surface area contributed by atoms with Gasteiger partial charge in [0.15, 0.2) is 0 Å². The minimum Gasteiger partial charge on any atom is -0.398 e. The number of sulfonamides is 1. The normalized spacial score (nSPS) is 17.2. The van der Waals surface area contributed by atoms with E-state index in [0.29, 0.717) is 41.9 Å². The van der Waals surface area contributed by atoms with Crippen molar-refractivity contribution in [1.82, 2.24) is 9.21 Å². The number of anilines is 1. The monoisotopic (exact) mass is 361 g/mol. The highest BCUT2D eigenvalue weighted by Crippen LogP contribution is 2.21. The number of hydrogen-bond acceptors (Lipinski definition) is 4. The number of benzene rings is 1. The molecule has 0 radical (unpaired) electrons. The van der Waals surface area contributed by atoms with Crippen LogP contribution in [0.3, 0.4) is 0 Å². The third kappa shape index (κ3) is 3.31. The van der Waals surface area contributed by atoms with Gasteiger partial charge in [0.05, 0.1) is 6.26 Å². The quantitative estimate of drug-likeness (QED) is 0.787. The minimum atomic E-state index is -3.18. The summed E-state index contributed by atoms with van der Waals surface area (Å²) < 4.78 is 24.9. The predicted molar refractivity (Wildman–Crippen MR) is 80.9 cm³/mol. The van der Waals surface area contributed by atoms with E-state index in [1.54, 1.807) is 23.1 Å². The van der Waals surface area contributed by atoms with E-state index < -0.39 is 10.0 Å². The Hall–Kier alpha value is -1.12. The van der Waals surface area contributed by atoms with Gasteiger partial charge in [0.25, 0.3) is 5.91 Å². The molecule has 1 aromatic carbocycles. The lowest BCUT2D eigenvalue weighted by Crippen LogP contribution is -2.50. The van der Waals surface area contributed by atoms with Gasteiger partial charge in [-0.05, 0) is 34.1 Å². The third-order valence-corrected chi connectivity index (χ3v) is 5.23. The number of amides is 1. The van der Waals surface area contributed by atoms with Crippen LogP contribution in [-0.4, -0.2) is 56.0 Å². The van der Waals surface area contributed by atoms with Crippen LogP contribution in [0.1, 0.15) is 10.4 Å². The maximum Gasteiger partial charge on any atom is 0.253 e. The number of halogens is 1. The van der Waals surface area contributed by atoms with Crippen LogP contribution in [0.15, 0.2) is 22.7 Å². The number of nitrogen functional groups attached to an aromatic ring is 1. The first kappa shape index (κ1) is 15.3. The van der Waals surface area contributed by atoms with Crippen molar-refractivity contribution < 1.29 is 13.2 Å². The second kappa shape index (κ2) is 5.71. The van der Waals surface area contributed by atoms with E-state index in [9.17, 15) is 13.2 Å². The Morgan fingerprint density at radius 2 is 1.85 bits per heavy atom. The van der Waals surface area contributed by atoms with Crippen molar-refractivity contribution in [3.05, 3.63) is 28.2 Å². The van der Waals surface area contributed by atoms with Crippen LogP contribution in [0.2, 0.25) is 0 Å². The lowest BCUT2D eigenvalue weighted by atomic mass is 10.1. The number of nitrogens with two attached hydrogens (primary N) is 1. The number of hydrogen-bond donors (Lipinski definition) is 1. The number of rotatable bonds is 2. The Labute approximate surface area is 126 Å². The van der Waals surface area contributed by atoms with E-state index in [1.807, 2.05) is 0 Å². The van der Waals surface area contributed by atoms with E-state index in [0.717, 1.165) is 0 Å². The molecule has 1 saturated heterocycles. The second-order valence-electron chi connectivity index (χ2n) is 4.69. The molecular formula is C12H16BrN3O3S. The van der Waals surface area contributed by atoms with Crippen molar-refractivity contribution in [2.45, 2.75) is 0 Å². The highest BCUT2D eigenvalue weighted by molar-refractivity contribution is 9.10. The first-order chi connectivity index (χ1) is 9.29. The molecule has 0 aromatic heterocycles. The van der Waals surface area contributed by atoms with Crippen LogP contribution in [0, 0.1) is 0 Å². The molecule has 20 heavy (non-hydrogen) atoms. The standard InChI is InChI=1S/C12H16BrN3O3S/c1-20(18,19)16-6-4-15(5-7-16)12(17)9-2-3-11(14)10(13)8-9/h2-3,8H,4-7,14H2,1H3. The van der Waals surface area contributed by atoms with Crippen LogP contribution >= 0.6 is 15.9 Å². The Kier molecular flexibility index (Phi) is 4.36. The molecule has 1 aromatic rings. The maximum atomic E-state index is 12.3. The zero-order valence-electron chi connectivity index (χ0n) is 11.0. The van der Waals surface area contributed by atoms with Gasteiger partial charge in [-0.1, -0.05) is 0 Å². The van der Waals surface area contributed by atoms with Gasteiger partial charge in [0.1, 0.15) is 0 Å². The van der Waals surface area contributed by atoms with Gasteiger partial charge in [0.2, 0.25) is 10.0 Å². The summed E-state index contributed by atoms with van der Waals surface area (Å²) in [5, 5.41) is 0. The largest absolute Gasteiger partial charge is 0.398 e. The Morgan fingerprint density at radius 3 is 2.35 bits per heavy atom. The summed E-state index contributed by atoms with van der Waals surface area (Å²) in [4.78, 5) is 14.0. The van der Waals surface area contributed by atoms with Crippen LogP contribution in [0.4, 0.5) is 5.69 Å². The first-order valence-electron chi connectivity index (χ1n) is 6.08. The molecule has 1 fully saturated rings. The van der Waals surface area contributed by atoms with Gasteiger partial charge >= 0.3 is 0 Å². The second-order valence-corrected chi connectivity index (χ2v) is 7.53. The molecule has 0 spiro atoms. The molecular weight excluding hydrogens is 346 g/mol. The number of piperazine rings is 1. The van der Waals surface area contributed by atoms with Crippen molar-refractivity contribution in [2.75, 3.05) is 38.2 Å². The van der Waals surface area contributed by atoms with Gasteiger partial charge in [-0.3, -0.25) is 4.79 Å². The highest BCUT2D eigenvalue weighted by atomic mass is 79.9. The molecule has 2 N–H and O–H groups in total. The smallest absolute Gasteiger partial charge is 0.253 e. The Balaban J connectivity index is 2.07. The molecule has 6 nitrogen and oxygen atoms in total. The SMILES string of the molecule is CS(=O)(=O)N1CCN(C(=O)c2ccc(N)c(Br)c2)CC1. The summed E-state index contributed by atoms with van der Waals surface area (Å²) >= 11 is 3.29. The van der Waals surface area contributed by atoms with Crippen LogP contribution in [-0.2, 0) is 10.0 Å². The van der Waals surface area contributed by atoms with Gasteiger partial charge in [0, 0.05) is 41.9 Å². The predicted octanol–water partition coefficient (Wildman–Crippen LogP) is 0.749. The number of carbonyl (C=O) groups is 1. The van der Waals surface area contributed by atoms with Crippen molar-refractivity contribution in [1.29, 1.82) is 0 Å². The van der Waals surface area contributed by atoms with Crippen molar-refractivity contribution >= 4 is 37.5 Å². The molecule has 0 saturated carbocycles. The Bertz CT molecular complexity index is 625. The fourth-order valence-corrected chi connectivity index (χ4v) is 3.27. The number of nitrogens with zero attached hydrogens (tertiary/aromatic N) is 2. The lowest BCUT2D eigenvalue weighted by Gasteiger charge is -2.33. The summed E-state index contributed by atoms with van der Waals surface area (Å²) in [6.45, 7) is 1.46. The third-order valence-electron chi connectivity index (χ3n) is 3.24. The zero-order chi connectivity index (χ0) is 14.9. The summed E-state index contributed by atoms with van der Waals surface area (Å²) in [5.74, 6) is -0.112. The van der Waals surface area contributed by atoms with Gasteiger partial charge < -0.3 is 10.6 Å². The van der Waals surface area contributed by atoms with Gasteiger partial charge in [-0.2, -0.15) is 4.31 Å². The molecule has 1 aliphatic heterocycles. The summed E-state index contributed by atoms with van der Waals surface area (Å²) in [6.07, 6.45) is 1.18. The molecule has 0 atom stereocenters. The summed E-state index contributed by atoms with van der Waals surface area (Å²) in [7, 11) is -3.18. The average molecular weight is 362 g/mol. The molecule has 8 heteroatoms.